The molecule has 3 aliphatic heterocycles. The summed E-state index contributed by atoms with van der Waals surface area (Å²) in [5, 5.41) is 32.6. The van der Waals surface area contributed by atoms with Gasteiger partial charge in [-0.15, -0.1) is 0 Å². The van der Waals surface area contributed by atoms with E-state index in [-0.39, 0.29) is 48.5 Å². The monoisotopic (exact) mass is 346 g/mol. The van der Waals surface area contributed by atoms with Gasteiger partial charge in [-0.25, -0.2) is 0 Å². The first-order valence-corrected chi connectivity index (χ1v) is 9.21. The number of hydrogen-bond donors (Lipinski definition) is 3. The molecule has 0 aromatic rings. The van der Waals surface area contributed by atoms with Gasteiger partial charge in [-0.05, 0) is 36.5 Å². The molecule has 4 aliphatic carbocycles. The van der Waals surface area contributed by atoms with Crippen molar-refractivity contribution in [1.29, 1.82) is 0 Å². The minimum Gasteiger partial charge on any atom is -0.459 e. The lowest BCUT2D eigenvalue weighted by Gasteiger charge is -2.61. The summed E-state index contributed by atoms with van der Waals surface area (Å²) in [6.45, 7) is 3.95. The highest BCUT2D eigenvalue weighted by Crippen LogP contribution is 2.72. The van der Waals surface area contributed by atoms with Gasteiger partial charge in [0.05, 0.1) is 17.6 Å². The summed E-state index contributed by atoms with van der Waals surface area (Å²) in [6, 6.07) is 0. The largest absolute Gasteiger partial charge is 0.459 e. The predicted octanol–water partition coefficient (Wildman–Crippen LogP) is 0.0645. The summed E-state index contributed by atoms with van der Waals surface area (Å²) in [7, 11) is 0. The molecular formula is C19H22O6. The van der Waals surface area contributed by atoms with E-state index in [4.69, 9.17) is 9.47 Å². The first-order valence-electron chi connectivity index (χ1n) is 9.21. The van der Waals surface area contributed by atoms with E-state index < -0.39 is 23.2 Å². The van der Waals surface area contributed by atoms with Crippen molar-refractivity contribution in [2.75, 3.05) is 0 Å². The third-order valence-corrected chi connectivity index (χ3v) is 8.16. The molecule has 0 aromatic carbocycles. The molecule has 4 bridgehead atoms. The molecule has 3 saturated heterocycles. The number of ether oxygens (including phenoxy) is 2. The van der Waals surface area contributed by atoms with Gasteiger partial charge in [0.1, 0.15) is 23.9 Å². The van der Waals surface area contributed by atoms with Crippen LogP contribution in [-0.2, 0) is 14.3 Å². The van der Waals surface area contributed by atoms with Crippen LogP contribution >= 0.6 is 0 Å². The van der Waals surface area contributed by atoms with Crippen molar-refractivity contribution in [3.63, 3.8) is 0 Å². The zero-order chi connectivity index (χ0) is 17.5. The first kappa shape index (κ1) is 14.9. The van der Waals surface area contributed by atoms with Crippen molar-refractivity contribution in [2.45, 2.75) is 62.8 Å². The quantitative estimate of drug-likeness (QED) is 0.537. The van der Waals surface area contributed by atoms with Crippen LogP contribution in [0.15, 0.2) is 22.8 Å². The maximum absolute atomic E-state index is 12.9. The molecule has 3 heterocycles. The minimum absolute atomic E-state index is 0.0153. The number of rotatable bonds is 0. The van der Waals surface area contributed by atoms with E-state index in [2.05, 4.69) is 6.92 Å². The van der Waals surface area contributed by atoms with Crippen LogP contribution in [0.3, 0.4) is 0 Å². The van der Waals surface area contributed by atoms with E-state index in [1.807, 2.05) is 6.92 Å². The normalized spacial score (nSPS) is 60.5. The van der Waals surface area contributed by atoms with E-state index in [1.54, 1.807) is 6.08 Å². The minimum atomic E-state index is -1.51. The number of esters is 1. The van der Waals surface area contributed by atoms with Crippen molar-refractivity contribution in [2.24, 2.45) is 23.2 Å². The molecule has 6 nitrogen and oxygen atoms in total. The molecule has 5 fully saturated rings. The van der Waals surface area contributed by atoms with Gasteiger partial charge in [0.15, 0.2) is 0 Å². The molecule has 0 amide bonds. The van der Waals surface area contributed by atoms with E-state index in [1.165, 1.54) is 0 Å². The van der Waals surface area contributed by atoms with Crippen LogP contribution in [0.25, 0.3) is 0 Å². The molecular weight excluding hydrogens is 324 g/mol. The Kier molecular flexibility index (Phi) is 2.41. The van der Waals surface area contributed by atoms with Gasteiger partial charge < -0.3 is 24.8 Å². The van der Waals surface area contributed by atoms with E-state index in [0.29, 0.717) is 6.42 Å². The zero-order valence-electron chi connectivity index (χ0n) is 14.2. The summed E-state index contributed by atoms with van der Waals surface area (Å²) in [6.07, 6.45) is -0.732. The Morgan fingerprint density at radius 1 is 1.24 bits per heavy atom. The molecule has 134 valence electrons. The number of carbonyl (C=O) groups is 1. The predicted molar refractivity (Wildman–Crippen MR) is 84.1 cm³/mol. The summed E-state index contributed by atoms with van der Waals surface area (Å²) in [4.78, 5) is 12.9. The molecule has 0 radical (unpaired) electrons. The summed E-state index contributed by atoms with van der Waals surface area (Å²) < 4.78 is 12.2. The SMILES string of the molecule is CC1=C[C@@H](O)[C@H](O)[C@@]2(O)CC[C@]34C(=O)O[C@@H]5C(O[C@H]6C1=C2[C@@H]3[C@@H]56)C4C. The van der Waals surface area contributed by atoms with Crippen molar-refractivity contribution in [3.05, 3.63) is 22.8 Å². The second-order valence-electron chi connectivity index (χ2n) is 8.81. The number of aliphatic hydroxyl groups excluding tert-OH is 2. The van der Waals surface area contributed by atoms with Crippen LogP contribution in [0.2, 0.25) is 0 Å². The van der Waals surface area contributed by atoms with Crippen molar-refractivity contribution in [1.82, 2.24) is 0 Å². The van der Waals surface area contributed by atoms with Gasteiger partial charge in [-0.3, -0.25) is 4.79 Å². The Labute approximate surface area is 145 Å². The van der Waals surface area contributed by atoms with Crippen LogP contribution in [-0.4, -0.2) is 57.4 Å². The summed E-state index contributed by atoms with van der Waals surface area (Å²) in [5.74, 6) is -0.308. The van der Waals surface area contributed by atoms with Gasteiger partial charge in [0.2, 0.25) is 0 Å². The van der Waals surface area contributed by atoms with Crippen LogP contribution in [0, 0.1) is 23.2 Å². The third-order valence-electron chi connectivity index (χ3n) is 8.16. The third kappa shape index (κ3) is 1.28. The molecule has 0 aromatic heterocycles. The molecule has 3 N–H and O–H groups in total. The standard InChI is InChI=1S/C19H22O6/c1-6-5-8(20)16(21)19(23)4-3-18-7(2)13-15(25-17(18)22)10-11(18)12(19)9(6)14(10)24-13/h5,7-8,10-11,13-16,20-21,23H,3-4H2,1-2H3/t7?,8-,10-,11+,13?,14+,15+,16+,18-,19-/m1/s1. The van der Waals surface area contributed by atoms with Gasteiger partial charge >= 0.3 is 5.97 Å². The lowest BCUT2D eigenvalue weighted by Crippen LogP contribution is -2.69. The number of fused-ring (bicyclic) bond motifs is 2. The molecule has 1 spiro atoms. The summed E-state index contributed by atoms with van der Waals surface area (Å²) in [5.41, 5.74) is 0.249. The van der Waals surface area contributed by atoms with Gasteiger partial charge in [0.25, 0.3) is 0 Å². The summed E-state index contributed by atoms with van der Waals surface area (Å²) >= 11 is 0. The second kappa shape index (κ2) is 4.03. The molecule has 2 saturated carbocycles. The molecule has 10 atom stereocenters. The number of hydrogen-bond acceptors (Lipinski definition) is 6. The molecule has 6 heteroatoms. The fourth-order valence-electron chi connectivity index (χ4n) is 7.12. The number of aliphatic hydroxyl groups is 3. The zero-order valence-corrected chi connectivity index (χ0v) is 14.2. The van der Waals surface area contributed by atoms with Crippen LogP contribution in [0.1, 0.15) is 26.7 Å². The highest BCUT2D eigenvalue weighted by atomic mass is 16.6. The maximum atomic E-state index is 12.9. The average molecular weight is 346 g/mol. The number of carbonyl (C=O) groups excluding carboxylic acids is 1. The lowest BCUT2D eigenvalue weighted by molar-refractivity contribution is -0.233. The fraction of sp³-hybridized carbons (Fsp3) is 0.737. The smallest absolute Gasteiger partial charge is 0.313 e. The molecule has 7 aliphatic rings. The molecule has 25 heavy (non-hydrogen) atoms. The topological polar surface area (TPSA) is 96.2 Å². The van der Waals surface area contributed by atoms with Crippen LogP contribution in [0.4, 0.5) is 0 Å². The van der Waals surface area contributed by atoms with E-state index in [0.717, 1.165) is 16.7 Å². The molecule has 7 rings (SSSR count). The Hall–Kier alpha value is -1.21. The van der Waals surface area contributed by atoms with Gasteiger partial charge in [0, 0.05) is 17.8 Å². The Balaban J connectivity index is 1.68. The first-order chi connectivity index (χ1) is 11.8. The highest BCUT2D eigenvalue weighted by Gasteiger charge is 2.79. The van der Waals surface area contributed by atoms with E-state index >= 15 is 0 Å². The Morgan fingerprint density at radius 3 is 2.76 bits per heavy atom. The van der Waals surface area contributed by atoms with Gasteiger partial charge in [-0.1, -0.05) is 13.0 Å². The Bertz CT molecular complexity index is 785. The van der Waals surface area contributed by atoms with Crippen molar-refractivity contribution in [3.8, 4) is 0 Å². The maximum Gasteiger partial charge on any atom is 0.313 e. The van der Waals surface area contributed by atoms with Crippen molar-refractivity contribution < 1.29 is 29.6 Å². The van der Waals surface area contributed by atoms with Gasteiger partial charge in [-0.2, -0.15) is 0 Å². The highest BCUT2D eigenvalue weighted by molar-refractivity contribution is 5.83. The fourth-order valence-corrected chi connectivity index (χ4v) is 7.12. The van der Waals surface area contributed by atoms with Crippen molar-refractivity contribution >= 4 is 5.97 Å². The van der Waals surface area contributed by atoms with E-state index in [9.17, 15) is 20.1 Å². The Morgan fingerprint density at radius 2 is 2.00 bits per heavy atom. The van der Waals surface area contributed by atoms with Crippen LogP contribution in [0.5, 0.6) is 0 Å². The lowest BCUT2D eigenvalue weighted by atomic mass is 9.46. The second-order valence-corrected chi connectivity index (χ2v) is 8.81. The average Bonchev–Trinajstić information content (AvgIpc) is 3.05. The molecule has 2 unspecified atom stereocenters. The van der Waals surface area contributed by atoms with Crippen LogP contribution < -0.4 is 0 Å².